The molecule has 3 heterocycles. The third-order valence-electron chi connectivity index (χ3n) is 7.07. The van der Waals surface area contributed by atoms with E-state index >= 15 is 0 Å². The molecule has 0 aromatic heterocycles. The molecule has 0 aliphatic carbocycles. The number of hydrogen-bond acceptors (Lipinski definition) is 7. The first kappa shape index (κ1) is 23.7. The van der Waals surface area contributed by atoms with Crippen molar-refractivity contribution in [2.75, 3.05) is 73.7 Å². The molecule has 180 valence electrons. The zero-order valence-electron chi connectivity index (χ0n) is 20.1. The highest BCUT2D eigenvalue weighted by Gasteiger charge is 2.43. The third kappa shape index (κ3) is 5.08. The summed E-state index contributed by atoms with van der Waals surface area (Å²) in [6.07, 6.45) is 2.68. The van der Waals surface area contributed by atoms with E-state index in [4.69, 9.17) is 9.47 Å². The number of hydrogen-bond donors (Lipinski definition) is 0. The van der Waals surface area contributed by atoms with E-state index in [0.29, 0.717) is 29.1 Å². The van der Waals surface area contributed by atoms with Crippen LogP contribution in [-0.4, -0.2) is 111 Å². The number of rotatable bonds is 8. The first-order chi connectivity index (χ1) is 16.0. The van der Waals surface area contributed by atoms with Gasteiger partial charge in [0, 0.05) is 44.8 Å². The molecule has 2 amide bonds. The third-order valence-corrected chi connectivity index (χ3v) is 7.07. The van der Waals surface area contributed by atoms with Crippen LogP contribution in [0.4, 0.5) is 0 Å². The summed E-state index contributed by atoms with van der Waals surface area (Å²) in [4.78, 5) is 35.4. The second kappa shape index (κ2) is 10.7. The van der Waals surface area contributed by atoms with E-state index in [0.717, 1.165) is 65.2 Å². The van der Waals surface area contributed by atoms with E-state index in [1.54, 1.807) is 7.11 Å². The van der Waals surface area contributed by atoms with Crippen molar-refractivity contribution < 1.29 is 19.1 Å². The quantitative estimate of drug-likeness (QED) is 0.550. The molecule has 2 fully saturated rings. The van der Waals surface area contributed by atoms with Gasteiger partial charge in [0.1, 0.15) is 11.4 Å². The number of imide groups is 1. The molecule has 1 aromatic carbocycles. The van der Waals surface area contributed by atoms with Crippen LogP contribution in [0.2, 0.25) is 0 Å². The molecule has 0 saturated carbocycles. The molecule has 0 atom stereocenters. The number of likely N-dealkylation sites (tertiary alicyclic amines) is 1. The predicted octanol–water partition coefficient (Wildman–Crippen LogP) is 1.52. The Labute approximate surface area is 196 Å². The second-order valence-corrected chi connectivity index (χ2v) is 9.14. The fraction of sp³-hybridized carbons (Fsp3) is 0.600. The molecule has 3 aliphatic heterocycles. The van der Waals surface area contributed by atoms with Crippen LogP contribution < -0.4 is 4.74 Å². The monoisotopic (exact) mass is 456 g/mol. The van der Waals surface area contributed by atoms with Gasteiger partial charge in [-0.25, -0.2) is 0 Å². The number of carbonyl (C=O) groups is 2. The predicted molar refractivity (Wildman–Crippen MR) is 127 cm³/mol. The average Bonchev–Trinajstić information content (AvgIpc) is 3.09. The van der Waals surface area contributed by atoms with Crippen LogP contribution >= 0.6 is 0 Å². The molecule has 0 unspecified atom stereocenters. The minimum absolute atomic E-state index is 0.190. The van der Waals surface area contributed by atoms with Crippen LogP contribution in [0.25, 0.3) is 5.57 Å². The SMILES string of the molecule is COc1ccccc1C1=C(N(C)C2CCN(C)CC2)C(=O)N(CCCN2CCOCC2)C1=O. The Morgan fingerprint density at radius 2 is 1.73 bits per heavy atom. The van der Waals surface area contributed by atoms with Crippen molar-refractivity contribution in [2.24, 2.45) is 0 Å². The van der Waals surface area contributed by atoms with Gasteiger partial charge in [0.2, 0.25) is 0 Å². The Bertz CT molecular complexity index is 888. The van der Waals surface area contributed by atoms with Crippen LogP contribution in [0.1, 0.15) is 24.8 Å². The fourth-order valence-electron chi connectivity index (χ4n) is 5.03. The van der Waals surface area contributed by atoms with Crippen molar-refractivity contribution in [1.29, 1.82) is 0 Å². The van der Waals surface area contributed by atoms with Crippen LogP contribution in [0.5, 0.6) is 5.75 Å². The molecular weight excluding hydrogens is 420 g/mol. The Morgan fingerprint density at radius 1 is 1.03 bits per heavy atom. The summed E-state index contributed by atoms with van der Waals surface area (Å²) < 4.78 is 11.0. The number of ether oxygens (including phenoxy) is 2. The number of likely N-dealkylation sites (N-methyl/N-ethyl adjacent to an activating group) is 1. The van der Waals surface area contributed by atoms with Gasteiger partial charge in [-0.2, -0.15) is 0 Å². The summed E-state index contributed by atoms with van der Waals surface area (Å²) in [7, 11) is 5.68. The highest BCUT2D eigenvalue weighted by atomic mass is 16.5. The standard InChI is InChI=1S/C25H36N4O4/c1-26-13-9-19(10-14-26)27(2)23-22(20-7-4-5-8-21(20)32-3)24(30)29(25(23)31)12-6-11-28-15-17-33-18-16-28/h4-5,7-8,19H,6,9-18H2,1-3H3. The van der Waals surface area contributed by atoms with E-state index in [2.05, 4.69) is 21.7 Å². The lowest BCUT2D eigenvalue weighted by atomic mass is 9.99. The number of benzene rings is 1. The minimum Gasteiger partial charge on any atom is -0.496 e. The number of morpholine rings is 1. The van der Waals surface area contributed by atoms with Crippen LogP contribution in [0.15, 0.2) is 30.0 Å². The second-order valence-electron chi connectivity index (χ2n) is 9.14. The maximum Gasteiger partial charge on any atom is 0.277 e. The van der Waals surface area contributed by atoms with E-state index < -0.39 is 0 Å². The maximum absolute atomic E-state index is 13.7. The van der Waals surface area contributed by atoms with Crippen molar-refractivity contribution in [3.8, 4) is 5.75 Å². The van der Waals surface area contributed by atoms with Gasteiger partial charge in [-0.05, 0) is 45.5 Å². The van der Waals surface area contributed by atoms with Gasteiger partial charge in [0.05, 0.1) is 25.9 Å². The van der Waals surface area contributed by atoms with Gasteiger partial charge >= 0.3 is 0 Å². The molecule has 8 nitrogen and oxygen atoms in total. The molecule has 33 heavy (non-hydrogen) atoms. The minimum atomic E-state index is -0.221. The normalized spacial score (nSPS) is 21.2. The van der Waals surface area contributed by atoms with Crippen LogP contribution in [0.3, 0.4) is 0 Å². The summed E-state index contributed by atoms with van der Waals surface area (Å²) in [6, 6.07) is 7.71. The van der Waals surface area contributed by atoms with Gasteiger partial charge < -0.3 is 19.3 Å². The number of nitrogens with zero attached hydrogens (tertiary/aromatic N) is 4. The number of carbonyl (C=O) groups excluding carboxylic acids is 2. The summed E-state index contributed by atoms with van der Waals surface area (Å²) >= 11 is 0. The molecule has 0 N–H and O–H groups in total. The van der Waals surface area contributed by atoms with Crippen molar-refractivity contribution in [2.45, 2.75) is 25.3 Å². The summed E-state index contributed by atoms with van der Waals surface area (Å²) in [5, 5.41) is 0. The molecule has 1 aromatic rings. The number of amides is 2. The zero-order chi connectivity index (χ0) is 23.4. The fourth-order valence-corrected chi connectivity index (χ4v) is 5.03. The molecule has 2 saturated heterocycles. The summed E-state index contributed by atoms with van der Waals surface area (Å²) in [5.41, 5.74) is 1.65. The van der Waals surface area contributed by atoms with Crippen LogP contribution in [-0.2, 0) is 14.3 Å². The van der Waals surface area contributed by atoms with Crippen molar-refractivity contribution in [1.82, 2.24) is 19.6 Å². The van der Waals surface area contributed by atoms with Crippen molar-refractivity contribution in [3.63, 3.8) is 0 Å². The molecule has 4 rings (SSSR count). The van der Waals surface area contributed by atoms with Gasteiger partial charge in [-0.15, -0.1) is 0 Å². The number of methoxy groups -OCH3 is 1. The smallest absolute Gasteiger partial charge is 0.277 e. The largest absolute Gasteiger partial charge is 0.496 e. The van der Waals surface area contributed by atoms with E-state index in [1.807, 2.05) is 31.3 Å². The van der Waals surface area contributed by atoms with E-state index in [1.165, 1.54) is 4.90 Å². The van der Waals surface area contributed by atoms with E-state index in [-0.39, 0.29) is 17.9 Å². The average molecular weight is 457 g/mol. The maximum atomic E-state index is 13.7. The molecule has 0 bridgehead atoms. The van der Waals surface area contributed by atoms with E-state index in [9.17, 15) is 9.59 Å². The topological polar surface area (TPSA) is 65.6 Å². The first-order valence-electron chi connectivity index (χ1n) is 12.0. The first-order valence-corrected chi connectivity index (χ1v) is 12.0. The highest BCUT2D eigenvalue weighted by Crippen LogP contribution is 2.37. The van der Waals surface area contributed by atoms with Crippen molar-refractivity contribution in [3.05, 3.63) is 35.5 Å². The van der Waals surface area contributed by atoms with Gasteiger partial charge in [0.25, 0.3) is 11.8 Å². The Hall–Kier alpha value is -2.42. The number of piperidine rings is 1. The zero-order valence-corrected chi connectivity index (χ0v) is 20.1. The Balaban J connectivity index is 1.58. The molecule has 0 radical (unpaired) electrons. The lowest BCUT2D eigenvalue weighted by Crippen LogP contribution is -2.44. The van der Waals surface area contributed by atoms with Crippen molar-refractivity contribution >= 4 is 17.4 Å². The molecule has 3 aliphatic rings. The lowest BCUT2D eigenvalue weighted by molar-refractivity contribution is -0.137. The summed E-state index contributed by atoms with van der Waals surface area (Å²) in [5.74, 6) is 0.198. The van der Waals surface area contributed by atoms with Crippen LogP contribution in [0, 0.1) is 0 Å². The van der Waals surface area contributed by atoms with Gasteiger partial charge in [-0.3, -0.25) is 19.4 Å². The number of para-hydroxylation sites is 1. The molecule has 0 spiro atoms. The molecule has 8 heteroatoms. The van der Waals surface area contributed by atoms with Gasteiger partial charge in [-0.1, -0.05) is 18.2 Å². The van der Waals surface area contributed by atoms with Gasteiger partial charge in [0.15, 0.2) is 0 Å². The Morgan fingerprint density at radius 3 is 2.42 bits per heavy atom. The highest BCUT2D eigenvalue weighted by molar-refractivity contribution is 6.36. The Kier molecular flexibility index (Phi) is 7.67. The summed E-state index contributed by atoms with van der Waals surface area (Å²) in [6.45, 7) is 6.52. The lowest BCUT2D eigenvalue weighted by Gasteiger charge is -2.36. The molecular formula is C25H36N4O4.